The van der Waals surface area contributed by atoms with E-state index in [0.29, 0.717) is 25.1 Å². The topological polar surface area (TPSA) is 86.3 Å². The molecule has 0 aliphatic carbocycles. The number of amides is 1. The monoisotopic (exact) mass is 362 g/mol. The fraction of sp³-hybridized carbons (Fsp3) is 0.824. The van der Waals surface area contributed by atoms with E-state index < -0.39 is 10.1 Å². The van der Waals surface area contributed by atoms with Gasteiger partial charge in [-0.15, -0.1) is 0 Å². The SMILES string of the molecule is C=C(C)C(=O)NCCCCCCCC[N+](C)(C)CCCS(=O)(=O)[O-]. The van der Waals surface area contributed by atoms with Crippen LogP contribution in [0.2, 0.25) is 0 Å². The van der Waals surface area contributed by atoms with Gasteiger partial charge in [-0.05, 0) is 26.2 Å². The van der Waals surface area contributed by atoms with Crippen molar-refractivity contribution >= 4 is 16.0 Å². The zero-order chi connectivity index (χ0) is 18.6. The van der Waals surface area contributed by atoms with Crippen LogP contribution in [0.5, 0.6) is 0 Å². The minimum atomic E-state index is -4.09. The Morgan fingerprint density at radius 3 is 2.04 bits per heavy atom. The molecule has 0 spiro atoms. The molecule has 6 nitrogen and oxygen atoms in total. The summed E-state index contributed by atoms with van der Waals surface area (Å²) in [6.07, 6.45) is 7.10. The summed E-state index contributed by atoms with van der Waals surface area (Å²) in [6, 6.07) is 0. The molecule has 142 valence electrons. The standard InChI is InChI=1S/C17H34N2O4S/c1-16(2)17(20)18-12-9-7-5-6-8-10-13-19(3,4)14-11-15-24(21,22)23/h1,5-15H2,2-4H3,(H-,18,20,21,22,23). The summed E-state index contributed by atoms with van der Waals surface area (Å²) in [7, 11) is 0.0542. The van der Waals surface area contributed by atoms with Crippen LogP contribution in [-0.2, 0) is 14.9 Å². The van der Waals surface area contributed by atoms with Gasteiger partial charge in [0, 0.05) is 24.3 Å². The van der Waals surface area contributed by atoms with E-state index in [-0.39, 0.29) is 11.7 Å². The van der Waals surface area contributed by atoms with Crippen LogP contribution >= 0.6 is 0 Å². The molecule has 0 aromatic carbocycles. The van der Waals surface area contributed by atoms with Crippen molar-refractivity contribution < 1.29 is 22.2 Å². The summed E-state index contributed by atoms with van der Waals surface area (Å²) < 4.78 is 32.6. The average Bonchev–Trinajstić information content (AvgIpc) is 2.43. The fourth-order valence-corrected chi connectivity index (χ4v) is 2.99. The Balaban J connectivity index is 3.54. The minimum Gasteiger partial charge on any atom is -0.748 e. The molecule has 0 bridgehead atoms. The third-order valence-corrected chi connectivity index (χ3v) is 4.81. The van der Waals surface area contributed by atoms with Gasteiger partial charge in [-0.2, -0.15) is 0 Å². The molecule has 0 aliphatic rings. The summed E-state index contributed by atoms with van der Waals surface area (Å²) >= 11 is 0. The molecule has 0 fully saturated rings. The first-order valence-corrected chi connectivity index (χ1v) is 10.3. The van der Waals surface area contributed by atoms with Gasteiger partial charge in [0.2, 0.25) is 5.91 Å². The van der Waals surface area contributed by atoms with Gasteiger partial charge < -0.3 is 14.4 Å². The van der Waals surface area contributed by atoms with Gasteiger partial charge in [-0.3, -0.25) is 4.79 Å². The lowest BCUT2D eigenvalue weighted by molar-refractivity contribution is -0.890. The average molecular weight is 363 g/mol. The van der Waals surface area contributed by atoms with E-state index in [1.54, 1.807) is 6.92 Å². The van der Waals surface area contributed by atoms with Crippen LogP contribution in [0, 0.1) is 0 Å². The van der Waals surface area contributed by atoms with Gasteiger partial charge in [0.15, 0.2) is 0 Å². The number of unbranched alkanes of at least 4 members (excludes halogenated alkanes) is 5. The third kappa shape index (κ3) is 14.7. The van der Waals surface area contributed by atoms with Crippen molar-refractivity contribution in [3.63, 3.8) is 0 Å². The largest absolute Gasteiger partial charge is 0.748 e. The first-order chi connectivity index (χ1) is 11.0. The highest BCUT2D eigenvalue weighted by atomic mass is 32.2. The number of hydrogen-bond donors (Lipinski definition) is 1. The highest BCUT2D eigenvalue weighted by molar-refractivity contribution is 7.85. The van der Waals surface area contributed by atoms with Crippen LogP contribution in [0.1, 0.15) is 51.9 Å². The van der Waals surface area contributed by atoms with Crippen molar-refractivity contribution in [2.24, 2.45) is 0 Å². The van der Waals surface area contributed by atoms with Gasteiger partial charge in [0.05, 0.1) is 37.3 Å². The summed E-state index contributed by atoms with van der Waals surface area (Å²) in [5.74, 6) is -0.337. The lowest BCUT2D eigenvalue weighted by Crippen LogP contribution is -2.41. The van der Waals surface area contributed by atoms with Crippen molar-refractivity contribution in [1.82, 2.24) is 5.32 Å². The molecule has 0 atom stereocenters. The lowest BCUT2D eigenvalue weighted by Gasteiger charge is -2.30. The zero-order valence-electron chi connectivity index (χ0n) is 15.5. The predicted molar refractivity (Wildman–Crippen MR) is 96.5 cm³/mol. The molecule has 0 heterocycles. The van der Waals surface area contributed by atoms with Crippen LogP contribution in [0.4, 0.5) is 0 Å². The fourth-order valence-electron chi connectivity index (χ4n) is 2.51. The van der Waals surface area contributed by atoms with Crippen molar-refractivity contribution in [2.75, 3.05) is 39.5 Å². The van der Waals surface area contributed by atoms with Crippen molar-refractivity contribution in [3.8, 4) is 0 Å². The summed E-state index contributed by atoms with van der Waals surface area (Å²) in [5, 5.41) is 2.83. The van der Waals surface area contributed by atoms with Crippen LogP contribution in [-0.4, -0.2) is 62.8 Å². The highest BCUT2D eigenvalue weighted by Crippen LogP contribution is 2.09. The first kappa shape index (κ1) is 23.1. The molecule has 0 saturated carbocycles. The van der Waals surface area contributed by atoms with E-state index in [2.05, 4.69) is 26.0 Å². The molecule has 0 saturated heterocycles. The quantitative estimate of drug-likeness (QED) is 0.222. The van der Waals surface area contributed by atoms with Crippen LogP contribution in [0.15, 0.2) is 12.2 Å². The maximum absolute atomic E-state index is 11.3. The van der Waals surface area contributed by atoms with E-state index in [9.17, 15) is 17.8 Å². The summed E-state index contributed by atoms with van der Waals surface area (Å²) in [5.41, 5.74) is 0.545. The maximum atomic E-state index is 11.3. The Labute approximate surface area is 147 Å². The zero-order valence-corrected chi connectivity index (χ0v) is 16.3. The molecular formula is C17H34N2O4S. The second-order valence-corrected chi connectivity index (χ2v) is 8.68. The molecule has 0 radical (unpaired) electrons. The van der Waals surface area contributed by atoms with E-state index in [0.717, 1.165) is 43.1 Å². The molecule has 0 unspecified atom stereocenters. The number of nitrogens with one attached hydrogen (secondary N) is 1. The van der Waals surface area contributed by atoms with E-state index in [4.69, 9.17) is 0 Å². The molecule has 1 amide bonds. The number of nitrogens with zero attached hydrogens (tertiary/aromatic N) is 1. The van der Waals surface area contributed by atoms with Gasteiger partial charge in [-0.25, -0.2) is 8.42 Å². The second-order valence-electron chi connectivity index (χ2n) is 7.16. The number of carbonyl (C=O) groups is 1. The minimum absolute atomic E-state index is 0.0696. The lowest BCUT2D eigenvalue weighted by atomic mass is 10.1. The normalized spacial score (nSPS) is 12.2. The first-order valence-electron chi connectivity index (χ1n) is 8.73. The van der Waals surface area contributed by atoms with Crippen LogP contribution in [0.3, 0.4) is 0 Å². The Hall–Kier alpha value is -0.920. The van der Waals surface area contributed by atoms with Crippen molar-refractivity contribution in [2.45, 2.75) is 51.9 Å². The van der Waals surface area contributed by atoms with Gasteiger partial charge in [0.1, 0.15) is 0 Å². The van der Waals surface area contributed by atoms with Gasteiger partial charge >= 0.3 is 0 Å². The predicted octanol–water partition coefficient (Wildman–Crippen LogP) is 2.03. The van der Waals surface area contributed by atoms with E-state index in [1.165, 1.54) is 6.42 Å². The number of hydrogen-bond acceptors (Lipinski definition) is 4. The molecule has 0 aliphatic heterocycles. The molecule has 1 N–H and O–H groups in total. The van der Waals surface area contributed by atoms with Crippen molar-refractivity contribution in [3.05, 3.63) is 12.2 Å². The van der Waals surface area contributed by atoms with E-state index >= 15 is 0 Å². The molecule has 24 heavy (non-hydrogen) atoms. The molecule has 0 rings (SSSR count). The second kappa shape index (κ2) is 11.6. The number of rotatable bonds is 14. The summed E-state index contributed by atoms with van der Waals surface area (Å²) in [4.78, 5) is 11.3. The maximum Gasteiger partial charge on any atom is 0.246 e. The Morgan fingerprint density at radius 1 is 1.00 bits per heavy atom. The Morgan fingerprint density at radius 2 is 1.50 bits per heavy atom. The molecular weight excluding hydrogens is 328 g/mol. The molecule has 0 aromatic rings. The molecule has 7 heteroatoms. The van der Waals surface area contributed by atoms with Gasteiger partial charge in [-0.1, -0.05) is 25.8 Å². The Kier molecular flexibility index (Phi) is 11.2. The smallest absolute Gasteiger partial charge is 0.246 e. The van der Waals surface area contributed by atoms with Crippen LogP contribution in [0.25, 0.3) is 0 Å². The van der Waals surface area contributed by atoms with Crippen molar-refractivity contribution in [1.29, 1.82) is 0 Å². The highest BCUT2D eigenvalue weighted by Gasteiger charge is 2.14. The summed E-state index contributed by atoms with van der Waals surface area (Å²) in [6.45, 7) is 7.71. The van der Waals surface area contributed by atoms with E-state index in [1.807, 2.05) is 0 Å². The van der Waals surface area contributed by atoms with Gasteiger partial charge in [0.25, 0.3) is 0 Å². The third-order valence-electron chi connectivity index (χ3n) is 4.02. The van der Waals surface area contributed by atoms with Crippen LogP contribution < -0.4 is 5.32 Å². The Bertz CT molecular complexity index is 487. The molecule has 0 aromatic heterocycles. The number of carbonyl (C=O) groups excluding carboxylic acids is 1. The number of quaternary nitrogens is 1.